The molecule has 1 aliphatic carbocycles. The third-order valence-corrected chi connectivity index (χ3v) is 5.86. The lowest BCUT2D eigenvalue weighted by Crippen LogP contribution is -2.65. The molecule has 3 rings (SSSR count). The van der Waals surface area contributed by atoms with Gasteiger partial charge in [0.25, 0.3) is 0 Å². The fraction of sp³-hybridized carbons (Fsp3) is 0.941. The standard InChI is InChI=1S/C17H31N3O2/c1-19(15-5-13-22-14-6-15)16(21)17(7-3-2-4-8-17)20-11-9-18-10-12-20/h15,18H,2-14H2,1H3. The van der Waals surface area contributed by atoms with Crippen LogP contribution in [-0.4, -0.2) is 73.7 Å². The Kier molecular flexibility index (Phi) is 5.37. The second-order valence-electron chi connectivity index (χ2n) is 7.09. The molecular formula is C17H31N3O2. The van der Waals surface area contributed by atoms with Gasteiger partial charge in [-0.15, -0.1) is 0 Å². The van der Waals surface area contributed by atoms with E-state index >= 15 is 0 Å². The molecule has 126 valence electrons. The fourth-order valence-corrected chi connectivity index (χ4v) is 4.46. The van der Waals surface area contributed by atoms with Crippen LogP contribution >= 0.6 is 0 Å². The molecule has 0 aromatic rings. The van der Waals surface area contributed by atoms with E-state index in [-0.39, 0.29) is 5.54 Å². The normalized spacial score (nSPS) is 27.5. The largest absolute Gasteiger partial charge is 0.381 e. The van der Waals surface area contributed by atoms with Gasteiger partial charge < -0.3 is 15.0 Å². The average molecular weight is 309 g/mol. The first kappa shape index (κ1) is 16.2. The fourth-order valence-electron chi connectivity index (χ4n) is 4.46. The maximum absolute atomic E-state index is 13.4. The van der Waals surface area contributed by atoms with Crippen LogP contribution in [-0.2, 0) is 9.53 Å². The van der Waals surface area contributed by atoms with Crippen molar-refractivity contribution in [3.63, 3.8) is 0 Å². The van der Waals surface area contributed by atoms with Gasteiger partial charge in [-0.3, -0.25) is 9.69 Å². The Labute approximate surface area is 134 Å². The molecule has 2 saturated heterocycles. The van der Waals surface area contributed by atoms with E-state index in [0.29, 0.717) is 11.9 Å². The lowest BCUT2D eigenvalue weighted by atomic mass is 9.78. The number of amides is 1. The van der Waals surface area contributed by atoms with Crippen LogP contribution in [0, 0.1) is 0 Å². The van der Waals surface area contributed by atoms with Crippen molar-refractivity contribution >= 4 is 5.91 Å². The zero-order chi connectivity index (χ0) is 15.4. The molecule has 0 aromatic heterocycles. The first-order valence-electron chi connectivity index (χ1n) is 9.05. The maximum Gasteiger partial charge on any atom is 0.243 e. The number of nitrogens with zero attached hydrogens (tertiary/aromatic N) is 2. The lowest BCUT2D eigenvalue weighted by Gasteiger charge is -2.49. The van der Waals surface area contributed by atoms with Gasteiger partial charge in [0.05, 0.1) is 0 Å². The first-order valence-corrected chi connectivity index (χ1v) is 9.05. The van der Waals surface area contributed by atoms with E-state index in [4.69, 9.17) is 4.74 Å². The third kappa shape index (κ3) is 3.17. The highest BCUT2D eigenvalue weighted by Crippen LogP contribution is 2.36. The Morgan fingerprint density at radius 2 is 1.77 bits per heavy atom. The Bertz CT molecular complexity index is 370. The second kappa shape index (κ2) is 7.28. The van der Waals surface area contributed by atoms with E-state index in [1.165, 1.54) is 19.3 Å². The van der Waals surface area contributed by atoms with E-state index < -0.39 is 0 Å². The van der Waals surface area contributed by atoms with Gasteiger partial charge in [-0.25, -0.2) is 0 Å². The van der Waals surface area contributed by atoms with E-state index in [1.807, 2.05) is 7.05 Å². The molecule has 0 unspecified atom stereocenters. The number of carbonyl (C=O) groups is 1. The summed E-state index contributed by atoms with van der Waals surface area (Å²) in [5.74, 6) is 0.376. The highest BCUT2D eigenvalue weighted by Gasteiger charge is 2.47. The lowest BCUT2D eigenvalue weighted by molar-refractivity contribution is -0.150. The minimum absolute atomic E-state index is 0.229. The molecule has 1 amide bonds. The Hall–Kier alpha value is -0.650. The molecule has 0 radical (unpaired) electrons. The van der Waals surface area contributed by atoms with Crippen molar-refractivity contribution in [2.75, 3.05) is 46.4 Å². The smallest absolute Gasteiger partial charge is 0.243 e. The van der Waals surface area contributed by atoms with Gasteiger partial charge >= 0.3 is 0 Å². The topological polar surface area (TPSA) is 44.8 Å². The zero-order valence-electron chi connectivity index (χ0n) is 14.0. The van der Waals surface area contributed by atoms with Crippen molar-refractivity contribution in [3.8, 4) is 0 Å². The molecule has 0 aromatic carbocycles. The molecule has 5 nitrogen and oxygen atoms in total. The molecule has 3 aliphatic rings. The zero-order valence-corrected chi connectivity index (χ0v) is 14.0. The van der Waals surface area contributed by atoms with Crippen molar-refractivity contribution in [1.29, 1.82) is 0 Å². The molecule has 3 fully saturated rings. The maximum atomic E-state index is 13.4. The molecule has 22 heavy (non-hydrogen) atoms. The third-order valence-electron chi connectivity index (χ3n) is 5.86. The molecular weight excluding hydrogens is 278 g/mol. The summed E-state index contributed by atoms with van der Waals surface area (Å²) in [4.78, 5) is 18.0. The van der Waals surface area contributed by atoms with E-state index in [1.54, 1.807) is 0 Å². The van der Waals surface area contributed by atoms with Crippen molar-refractivity contribution in [3.05, 3.63) is 0 Å². The molecule has 1 N–H and O–H groups in total. The van der Waals surface area contributed by atoms with Crippen LogP contribution in [0.2, 0.25) is 0 Å². The van der Waals surface area contributed by atoms with Crippen molar-refractivity contribution in [2.45, 2.75) is 56.5 Å². The highest BCUT2D eigenvalue weighted by molar-refractivity contribution is 5.86. The summed E-state index contributed by atoms with van der Waals surface area (Å²) >= 11 is 0. The van der Waals surface area contributed by atoms with Crippen molar-refractivity contribution in [2.24, 2.45) is 0 Å². The number of ether oxygens (including phenoxy) is 1. The monoisotopic (exact) mass is 309 g/mol. The van der Waals surface area contributed by atoms with E-state index in [2.05, 4.69) is 15.1 Å². The van der Waals surface area contributed by atoms with Crippen LogP contribution in [0.5, 0.6) is 0 Å². The molecule has 0 atom stereocenters. The summed E-state index contributed by atoms with van der Waals surface area (Å²) in [6, 6.07) is 0.364. The van der Waals surface area contributed by atoms with Crippen LogP contribution in [0.4, 0.5) is 0 Å². The van der Waals surface area contributed by atoms with Crippen LogP contribution in [0.1, 0.15) is 44.9 Å². The van der Waals surface area contributed by atoms with Gasteiger partial charge in [0, 0.05) is 52.5 Å². The highest BCUT2D eigenvalue weighted by atomic mass is 16.5. The molecule has 0 bridgehead atoms. The summed E-state index contributed by atoms with van der Waals surface area (Å²) in [6.45, 7) is 5.62. The number of piperazine rings is 1. The first-order chi connectivity index (χ1) is 10.7. The summed E-state index contributed by atoms with van der Waals surface area (Å²) in [5.41, 5.74) is -0.229. The van der Waals surface area contributed by atoms with Gasteiger partial charge in [0.1, 0.15) is 5.54 Å². The van der Waals surface area contributed by atoms with Crippen LogP contribution in [0.25, 0.3) is 0 Å². The minimum atomic E-state index is -0.229. The summed E-state index contributed by atoms with van der Waals surface area (Å²) < 4.78 is 5.46. The minimum Gasteiger partial charge on any atom is -0.381 e. The predicted molar refractivity (Wildman–Crippen MR) is 86.9 cm³/mol. The Morgan fingerprint density at radius 1 is 1.14 bits per heavy atom. The second-order valence-corrected chi connectivity index (χ2v) is 7.09. The molecule has 2 aliphatic heterocycles. The SMILES string of the molecule is CN(C(=O)C1(N2CCNCC2)CCCCC1)C1CCOCC1. The summed E-state index contributed by atoms with van der Waals surface area (Å²) in [6.07, 6.45) is 7.72. The Morgan fingerprint density at radius 3 is 2.41 bits per heavy atom. The van der Waals surface area contributed by atoms with Gasteiger partial charge in [-0.1, -0.05) is 19.3 Å². The quantitative estimate of drug-likeness (QED) is 0.852. The van der Waals surface area contributed by atoms with Gasteiger partial charge in [-0.2, -0.15) is 0 Å². The predicted octanol–water partition coefficient (Wildman–Crippen LogP) is 1.23. The number of rotatable bonds is 3. The number of hydrogen-bond acceptors (Lipinski definition) is 4. The number of hydrogen-bond donors (Lipinski definition) is 1. The van der Waals surface area contributed by atoms with Gasteiger partial charge in [0.15, 0.2) is 0 Å². The van der Waals surface area contributed by atoms with Gasteiger partial charge in [-0.05, 0) is 25.7 Å². The molecule has 1 saturated carbocycles. The van der Waals surface area contributed by atoms with Crippen molar-refractivity contribution < 1.29 is 9.53 Å². The number of nitrogens with one attached hydrogen (secondary N) is 1. The van der Waals surface area contributed by atoms with Crippen LogP contribution in [0.3, 0.4) is 0 Å². The van der Waals surface area contributed by atoms with Crippen molar-refractivity contribution in [1.82, 2.24) is 15.1 Å². The summed E-state index contributed by atoms with van der Waals surface area (Å²) in [5, 5.41) is 3.42. The summed E-state index contributed by atoms with van der Waals surface area (Å²) in [7, 11) is 2.02. The van der Waals surface area contributed by atoms with Gasteiger partial charge in [0.2, 0.25) is 5.91 Å². The number of likely N-dealkylation sites (N-methyl/N-ethyl adjacent to an activating group) is 1. The molecule has 2 heterocycles. The average Bonchev–Trinajstić information content (AvgIpc) is 2.62. The van der Waals surface area contributed by atoms with E-state index in [0.717, 1.165) is 65.1 Å². The Balaban J connectivity index is 1.76. The van der Waals surface area contributed by atoms with Crippen LogP contribution < -0.4 is 5.32 Å². The van der Waals surface area contributed by atoms with Crippen LogP contribution in [0.15, 0.2) is 0 Å². The molecule has 5 heteroatoms. The molecule has 0 spiro atoms. The van der Waals surface area contributed by atoms with E-state index in [9.17, 15) is 4.79 Å². The number of carbonyl (C=O) groups excluding carboxylic acids is 1.